The van der Waals surface area contributed by atoms with Gasteiger partial charge in [-0.15, -0.1) is 0 Å². The van der Waals surface area contributed by atoms with Crippen LogP contribution in [0, 0.1) is 0 Å². The Morgan fingerprint density at radius 3 is 2.27 bits per heavy atom. The Morgan fingerprint density at radius 2 is 1.67 bits per heavy atom. The molecule has 1 rings (SSSR count). The van der Waals surface area contributed by atoms with Crippen molar-refractivity contribution in [3.63, 3.8) is 0 Å². The summed E-state index contributed by atoms with van der Waals surface area (Å²) in [6.07, 6.45) is 4.09. The molecule has 0 bridgehead atoms. The topological polar surface area (TPSA) is 49.3 Å². The Balaban J connectivity index is 2.26. The maximum Gasteiger partial charge on any atom is 0.222 e. The molecule has 0 aliphatic heterocycles. The molecule has 0 aromatic heterocycles. The first-order chi connectivity index (χ1) is 14.1. The van der Waals surface area contributed by atoms with Crippen LogP contribution in [-0.4, -0.2) is 34.5 Å². The molecule has 0 heterocycles. The van der Waals surface area contributed by atoms with Gasteiger partial charge in [0.1, 0.15) is 16.8 Å². The summed E-state index contributed by atoms with van der Waals surface area (Å²) < 4.78 is 16.3. The molecule has 0 saturated heterocycles. The van der Waals surface area contributed by atoms with Crippen LogP contribution in [0.5, 0.6) is 11.5 Å². The average Bonchev–Trinajstić information content (AvgIpc) is 2.61. The summed E-state index contributed by atoms with van der Waals surface area (Å²) in [5, 5.41) is 4.60. The van der Waals surface area contributed by atoms with Crippen molar-refractivity contribution in [2.45, 2.75) is 28.3 Å². The molecule has 170 valence electrons. The summed E-state index contributed by atoms with van der Waals surface area (Å²) in [7, 11) is 0. The van der Waals surface area contributed by atoms with Crippen molar-refractivity contribution < 1.29 is 19.0 Å². The van der Waals surface area contributed by atoms with E-state index in [1.54, 1.807) is 19.1 Å². The van der Waals surface area contributed by atoms with Gasteiger partial charge in [-0.1, -0.05) is 99.3 Å². The average molecular weight is 696 g/mol. The van der Waals surface area contributed by atoms with E-state index < -0.39 is 2.14 Å². The highest BCUT2D eigenvalue weighted by atomic mass is 80.0. The minimum atomic E-state index is -0.494. The Bertz CT molecular complexity index is 703. The van der Waals surface area contributed by atoms with Gasteiger partial charge in [0.15, 0.2) is 14.5 Å². The Hall–Kier alpha value is 0.430. The van der Waals surface area contributed by atoms with Crippen LogP contribution in [0.1, 0.15) is 26.2 Å². The number of hydrogen-bond acceptors (Lipinski definition) is 5. The molecule has 1 aromatic carbocycles. The highest BCUT2D eigenvalue weighted by Crippen LogP contribution is 2.37. The maximum absolute atomic E-state index is 6.23. The van der Waals surface area contributed by atoms with Crippen molar-refractivity contribution in [2.75, 3.05) is 26.4 Å². The van der Waals surface area contributed by atoms with Gasteiger partial charge < -0.3 is 19.0 Å². The number of ether oxygens (including phenoxy) is 3. The number of halogens is 7. The van der Waals surface area contributed by atoms with Crippen molar-refractivity contribution in [3.8, 4) is 11.5 Å². The molecule has 12 heteroatoms. The summed E-state index contributed by atoms with van der Waals surface area (Å²) in [4.78, 5) is 5.12. The number of hydrogen-bond donors (Lipinski definition) is 0. The number of oxime groups is 1. The molecule has 0 atom stereocenters. The standard InChI is InChI=1S/C18H20Br3Cl4NO4/c1-12(26-30-11-18(19,20)21)27-6-3-2-4-7-29-17-14(22)9-13(10-15(17)23)28-8-5-16(24)25/h5,9-10H,2-4,6-8,11H2,1H3. The van der Waals surface area contributed by atoms with Crippen LogP contribution in [0.4, 0.5) is 0 Å². The van der Waals surface area contributed by atoms with E-state index in [1.165, 1.54) is 6.08 Å². The molecule has 5 nitrogen and oxygen atoms in total. The van der Waals surface area contributed by atoms with E-state index >= 15 is 0 Å². The fraction of sp³-hybridized carbons (Fsp3) is 0.500. The third kappa shape index (κ3) is 13.8. The zero-order valence-electron chi connectivity index (χ0n) is 15.9. The highest BCUT2D eigenvalue weighted by molar-refractivity contribution is 9.39. The fourth-order valence-electron chi connectivity index (χ4n) is 1.96. The zero-order valence-corrected chi connectivity index (χ0v) is 23.7. The highest BCUT2D eigenvalue weighted by Gasteiger charge is 2.18. The molecule has 0 N–H and O–H groups in total. The van der Waals surface area contributed by atoms with Gasteiger partial charge in [-0.05, 0) is 25.3 Å². The van der Waals surface area contributed by atoms with Crippen LogP contribution in [0.2, 0.25) is 10.0 Å². The van der Waals surface area contributed by atoms with Crippen LogP contribution >= 0.6 is 94.2 Å². The van der Waals surface area contributed by atoms with E-state index in [0.717, 1.165) is 19.3 Å². The lowest BCUT2D eigenvalue weighted by atomic mass is 10.2. The van der Waals surface area contributed by atoms with Gasteiger partial charge in [-0.25, -0.2) is 0 Å². The predicted octanol–water partition coefficient (Wildman–Crippen LogP) is 8.45. The van der Waals surface area contributed by atoms with Gasteiger partial charge in [-0.2, -0.15) is 0 Å². The van der Waals surface area contributed by atoms with E-state index in [-0.39, 0.29) is 11.1 Å². The van der Waals surface area contributed by atoms with Crippen LogP contribution in [0.15, 0.2) is 27.9 Å². The third-order valence-electron chi connectivity index (χ3n) is 3.23. The summed E-state index contributed by atoms with van der Waals surface area (Å²) in [5.74, 6) is 1.39. The van der Waals surface area contributed by atoms with E-state index in [2.05, 4.69) is 52.9 Å². The first kappa shape index (κ1) is 28.5. The molecule has 30 heavy (non-hydrogen) atoms. The van der Waals surface area contributed by atoms with Gasteiger partial charge in [0.2, 0.25) is 5.90 Å². The Labute approximate surface area is 221 Å². The van der Waals surface area contributed by atoms with E-state index in [9.17, 15) is 0 Å². The van der Waals surface area contributed by atoms with Gasteiger partial charge >= 0.3 is 0 Å². The molecule has 0 aliphatic carbocycles. The van der Waals surface area contributed by atoms with E-state index in [1.807, 2.05) is 0 Å². The van der Waals surface area contributed by atoms with E-state index in [0.29, 0.717) is 47.3 Å². The molecule has 0 saturated carbocycles. The van der Waals surface area contributed by atoms with Crippen LogP contribution in [0.3, 0.4) is 0 Å². The molecule has 0 fully saturated rings. The van der Waals surface area contributed by atoms with Crippen molar-refractivity contribution in [2.24, 2.45) is 5.16 Å². The minimum Gasteiger partial charge on any atom is -0.490 e. The normalized spacial score (nSPS) is 11.8. The van der Waals surface area contributed by atoms with E-state index in [4.69, 9.17) is 65.5 Å². The lowest BCUT2D eigenvalue weighted by Crippen LogP contribution is -2.10. The van der Waals surface area contributed by atoms with Crippen LogP contribution in [0.25, 0.3) is 0 Å². The minimum absolute atomic E-state index is 0.128. The lowest BCUT2D eigenvalue weighted by molar-refractivity contribution is 0.141. The SMILES string of the molecule is CC(=NOCC(Br)(Br)Br)OCCCCCOc1c(Cl)cc(OCC=C(Cl)Cl)cc1Cl. The number of rotatable bonds is 12. The van der Waals surface area contributed by atoms with Gasteiger partial charge in [0.25, 0.3) is 0 Å². The van der Waals surface area contributed by atoms with Crippen molar-refractivity contribution >= 4 is 100 Å². The molecule has 0 radical (unpaired) electrons. The summed E-state index contributed by atoms with van der Waals surface area (Å²) in [6.45, 7) is 3.25. The molecular formula is C18H20Br3Cl4NO4. The number of nitrogens with zero attached hydrogens (tertiary/aromatic N) is 1. The fourth-order valence-corrected chi connectivity index (χ4v) is 2.97. The zero-order chi connectivity index (χ0) is 22.6. The predicted molar refractivity (Wildman–Crippen MR) is 136 cm³/mol. The smallest absolute Gasteiger partial charge is 0.222 e. The lowest BCUT2D eigenvalue weighted by Gasteiger charge is -2.12. The molecule has 0 spiro atoms. The quantitative estimate of drug-likeness (QED) is 0.0725. The number of unbranched alkanes of at least 4 members (excludes halogenated alkanes) is 2. The third-order valence-corrected chi connectivity index (χ3v) is 4.78. The first-order valence-electron chi connectivity index (χ1n) is 8.70. The van der Waals surface area contributed by atoms with Crippen LogP contribution in [-0.2, 0) is 9.57 Å². The van der Waals surface area contributed by atoms with Crippen molar-refractivity contribution in [1.82, 2.24) is 0 Å². The maximum atomic E-state index is 6.23. The monoisotopic (exact) mass is 691 g/mol. The van der Waals surface area contributed by atoms with Gasteiger partial charge in [-0.3, -0.25) is 0 Å². The molecular weight excluding hydrogens is 676 g/mol. The molecule has 1 aromatic rings. The number of benzene rings is 1. The van der Waals surface area contributed by atoms with Crippen LogP contribution < -0.4 is 9.47 Å². The summed E-state index contributed by atoms with van der Waals surface area (Å²) in [6, 6.07) is 3.25. The Morgan fingerprint density at radius 1 is 1.03 bits per heavy atom. The summed E-state index contributed by atoms with van der Waals surface area (Å²) in [5.41, 5.74) is 0. The first-order valence-corrected chi connectivity index (χ1v) is 12.6. The second kappa shape index (κ2) is 15.3. The molecule has 0 aliphatic rings. The van der Waals surface area contributed by atoms with Gasteiger partial charge in [0, 0.05) is 19.1 Å². The second-order valence-corrected chi connectivity index (χ2v) is 14.9. The summed E-state index contributed by atoms with van der Waals surface area (Å²) >= 11 is 33.5. The Kier molecular flexibility index (Phi) is 14.5. The molecule has 0 unspecified atom stereocenters. The van der Waals surface area contributed by atoms with Crippen molar-refractivity contribution in [1.29, 1.82) is 0 Å². The number of alkyl halides is 3. The second-order valence-electron chi connectivity index (χ2n) is 5.78. The largest absolute Gasteiger partial charge is 0.490 e. The molecule has 0 amide bonds. The van der Waals surface area contributed by atoms with Gasteiger partial charge in [0.05, 0.1) is 23.3 Å². The van der Waals surface area contributed by atoms with Crippen molar-refractivity contribution in [3.05, 3.63) is 32.7 Å².